The van der Waals surface area contributed by atoms with Crippen LogP contribution < -0.4 is 10.5 Å². The molecule has 0 spiro atoms. The topological polar surface area (TPSA) is 48.1 Å². The van der Waals surface area contributed by atoms with Gasteiger partial charge in [-0.05, 0) is 22.0 Å². The van der Waals surface area contributed by atoms with Crippen LogP contribution in [0.2, 0.25) is 5.15 Å². The van der Waals surface area contributed by atoms with Gasteiger partial charge in [0.25, 0.3) is 0 Å². The first kappa shape index (κ1) is 12.2. The maximum absolute atomic E-state index is 5.96. The Morgan fingerprint density at radius 1 is 1.35 bits per heavy atom. The number of nitrogen functional groups attached to an aromatic ring is 1. The monoisotopic (exact) mass is 312 g/mol. The van der Waals surface area contributed by atoms with Crippen molar-refractivity contribution in [2.45, 2.75) is 0 Å². The highest BCUT2D eigenvalue weighted by Crippen LogP contribution is 2.40. The summed E-state index contributed by atoms with van der Waals surface area (Å²) >= 11 is 9.36. The molecule has 1 aromatic heterocycles. The molecule has 0 amide bonds. The SMILES string of the molecule is COc1ccccc1-c1c(Br)cnc(Cl)c1N. The van der Waals surface area contributed by atoms with Gasteiger partial charge in [-0.25, -0.2) is 4.98 Å². The molecule has 3 nitrogen and oxygen atoms in total. The summed E-state index contributed by atoms with van der Waals surface area (Å²) in [6.45, 7) is 0. The Balaban J connectivity index is 2.72. The predicted octanol–water partition coefficient (Wildman–Crippen LogP) is 3.76. The fourth-order valence-electron chi connectivity index (χ4n) is 1.60. The number of ether oxygens (including phenoxy) is 1. The van der Waals surface area contributed by atoms with Crippen LogP contribution >= 0.6 is 27.5 Å². The smallest absolute Gasteiger partial charge is 0.152 e. The molecule has 1 heterocycles. The highest BCUT2D eigenvalue weighted by Gasteiger charge is 2.14. The lowest BCUT2D eigenvalue weighted by Gasteiger charge is -2.12. The van der Waals surface area contributed by atoms with Crippen molar-refractivity contribution < 1.29 is 4.74 Å². The second-order valence-corrected chi connectivity index (χ2v) is 4.60. The molecule has 0 saturated heterocycles. The van der Waals surface area contributed by atoms with Crippen LogP contribution in [-0.4, -0.2) is 12.1 Å². The predicted molar refractivity (Wildman–Crippen MR) is 73.3 cm³/mol. The number of nitrogens with zero attached hydrogens (tertiary/aromatic N) is 1. The lowest BCUT2D eigenvalue weighted by Crippen LogP contribution is -1.96. The van der Waals surface area contributed by atoms with Gasteiger partial charge in [0.2, 0.25) is 0 Å². The fraction of sp³-hybridized carbons (Fsp3) is 0.0833. The van der Waals surface area contributed by atoms with E-state index >= 15 is 0 Å². The Kier molecular flexibility index (Phi) is 3.54. The zero-order chi connectivity index (χ0) is 12.4. The van der Waals surface area contributed by atoms with Crippen molar-refractivity contribution in [3.05, 3.63) is 40.1 Å². The number of rotatable bonds is 2. The summed E-state index contributed by atoms with van der Waals surface area (Å²) in [7, 11) is 1.62. The van der Waals surface area contributed by atoms with Crippen molar-refractivity contribution in [2.75, 3.05) is 12.8 Å². The van der Waals surface area contributed by atoms with Crippen LogP contribution in [0.4, 0.5) is 5.69 Å². The van der Waals surface area contributed by atoms with Crippen molar-refractivity contribution in [3.8, 4) is 16.9 Å². The van der Waals surface area contributed by atoms with Crippen molar-refractivity contribution in [1.82, 2.24) is 4.98 Å². The van der Waals surface area contributed by atoms with Gasteiger partial charge in [-0.3, -0.25) is 0 Å². The maximum atomic E-state index is 5.96. The molecule has 5 heteroatoms. The molecule has 88 valence electrons. The van der Waals surface area contributed by atoms with Gasteiger partial charge >= 0.3 is 0 Å². The minimum atomic E-state index is 0.286. The molecule has 0 saturated carbocycles. The molecule has 0 unspecified atom stereocenters. The number of aromatic nitrogens is 1. The largest absolute Gasteiger partial charge is 0.496 e. The first-order valence-corrected chi connectivity index (χ1v) is 6.05. The van der Waals surface area contributed by atoms with Crippen LogP contribution in [0.3, 0.4) is 0 Å². The van der Waals surface area contributed by atoms with Gasteiger partial charge in [0.15, 0.2) is 5.15 Å². The average Bonchev–Trinajstić information content (AvgIpc) is 2.35. The van der Waals surface area contributed by atoms with Crippen LogP contribution in [0.15, 0.2) is 34.9 Å². The van der Waals surface area contributed by atoms with E-state index in [1.165, 1.54) is 0 Å². The molecule has 17 heavy (non-hydrogen) atoms. The number of anilines is 1. The summed E-state index contributed by atoms with van der Waals surface area (Å²) in [5.74, 6) is 0.738. The van der Waals surface area contributed by atoms with Crippen molar-refractivity contribution >= 4 is 33.2 Å². The molecule has 0 bridgehead atoms. The van der Waals surface area contributed by atoms with Gasteiger partial charge in [-0.2, -0.15) is 0 Å². The molecule has 1 aromatic carbocycles. The molecule has 2 aromatic rings. The van der Waals surface area contributed by atoms with E-state index in [2.05, 4.69) is 20.9 Å². The van der Waals surface area contributed by atoms with E-state index in [-0.39, 0.29) is 5.15 Å². The van der Waals surface area contributed by atoms with Crippen molar-refractivity contribution in [1.29, 1.82) is 0 Å². The number of methoxy groups -OCH3 is 1. The molecular formula is C12H10BrClN2O. The number of pyridine rings is 1. The minimum Gasteiger partial charge on any atom is -0.496 e. The van der Waals surface area contributed by atoms with Crippen molar-refractivity contribution in [2.24, 2.45) is 0 Å². The number of hydrogen-bond donors (Lipinski definition) is 1. The first-order chi connectivity index (χ1) is 8.15. The molecule has 0 atom stereocenters. The summed E-state index contributed by atoms with van der Waals surface area (Å²) < 4.78 is 6.09. The zero-order valence-corrected chi connectivity index (χ0v) is 11.4. The third kappa shape index (κ3) is 2.23. The fourth-order valence-corrected chi connectivity index (χ4v) is 2.28. The Morgan fingerprint density at radius 3 is 2.76 bits per heavy atom. The third-order valence-corrected chi connectivity index (χ3v) is 3.30. The van der Waals surface area contributed by atoms with Gasteiger partial charge in [0.05, 0.1) is 12.8 Å². The van der Waals surface area contributed by atoms with Crippen LogP contribution in [0.5, 0.6) is 5.75 Å². The average molecular weight is 314 g/mol. The number of halogens is 2. The normalized spacial score (nSPS) is 10.3. The van der Waals surface area contributed by atoms with Gasteiger partial charge in [-0.15, -0.1) is 0 Å². The van der Waals surface area contributed by atoms with Gasteiger partial charge < -0.3 is 10.5 Å². The molecule has 2 rings (SSSR count). The summed E-state index contributed by atoms with van der Waals surface area (Å²) in [4.78, 5) is 3.97. The molecule has 2 N–H and O–H groups in total. The lowest BCUT2D eigenvalue weighted by molar-refractivity contribution is 0.416. The van der Waals surface area contributed by atoms with E-state index in [4.69, 9.17) is 22.1 Å². The van der Waals surface area contributed by atoms with E-state index in [0.717, 1.165) is 21.3 Å². The molecular weight excluding hydrogens is 304 g/mol. The van der Waals surface area contributed by atoms with Crippen LogP contribution in [0.1, 0.15) is 0 Å². The number of nitrogens with two attached hydrogens (primary N) is 1. The van der Waals surface area contributed by atoms with Crippen LogP contribution in [0.25, 0.3) is 11.1 Å². The maximum Gasteiger partial charge on any atom is 0.152 e. The standard InChI is InChI=1S/C12H10BrClN2O/c1-17-9-5-3-2-4-7(9)10-8(13)6-16-12(14)11(10)15/h2-6H,15H2,1H3. The van der Waals surface area contributed by atoms with E-state index in [0.29, 0.717) is 5.69 Å². The first-order valence-electron chi connectivity index (χ1n) is 4.88. The second-order valence-electron chi connectivity index (χ2n) is 3.39. The van der Waals surface area contributed by atoms with Crippen LogP contribution in [-0.2, 0) is 0 Å². The van der Waals surface area contributed by atoms with Crippen molar-refractivity contribution in [3.63, 3.8) is 0 Å². The quantitative estimate of drug-likeness (QED) is 0.859. The van der Waals surface area contributed by atoms with Gasteiger partial charge in [0, 0.05) is 21.8 Å². The van der Waals surface area contributed by atoms with E-state index < -0.39 is 0 Å². The van der Waals surface area contributed by atoms with E-state index in [9.17, 15) is 0 Å². The van der Waals surface area contributed by atoms with Gasteiger partial charge in [-0.1, -0.05) is 29.8 Å². The zero-order valence-electron chi connectivity index (χ0n) is 9.08. The Labute approximate surface area is 113 Å². The minimum absolute atomic E-state index is 0.286. The molecule has 0 aliphatic carbocycles. The Bertz CT molecular complexity index is 560. The molecule has 0 aliphatic heterocycles. The van der Waals surface area contributed by atoms with Gasteiger partial charge in [0.1, 0.15) is 5.75 Å². The molecule has 0 aliphatic rings. The summed E-state index contributed by atoms with van der Waals surface area (Å²) in [6, 6.07) is 7.61. The highest BCUT2D eigenvalue weighted by atomic mass is 79.9. The molecule has 0 radical (unpaired) electrons. The number of hydrogen-bond acceptors (Lipinski definition) is 3. The van der Waals surface area contributed by atoms with E-state index in [1.54, 1.807) is 13.3 Å². The summed E-state index contributed by atoms with van der Waals surface area (Å²) in [6.07, 6.45) is 1.63. The van der Waals surface area contributed by atoms with Crippen LogP contribution in [0, 0.1) is 0 Å². The lowest BCUT2D eigenvalue weighted by atomic mass is 10.0. The third-order valence-electron chi connectivity index (χ3n) is 2.40. The Hall–Kier alpha value is -1.26. The summed E-state index contributed by atoms with van der Waals surface area (Å²) in [5, 5.41) is 0.286. The number of para-hydroxylation sites is 1. The number of benzene rings is 1. The highest BCUT2D eigenvalue weighted by molar-refractivity contribution is 9.10. The summed E-state index contributed by atoms with van der Waals surface area (Å²) in [5.41, 5.74) is 8.07. The second kappa shape index (κ2) is 4.94. The Morgan fingerprint density at radius 2 is 2.06 bits per heavy atom. The molecule has 0 fully saturated rings. The van der Waals surface area contributed by atoms with E-state index in [1.807, 2.05) is 24.3 Å².